The lowest BCUT2D eigenvalue weighted by molar-refractivity contribution is 0.938. The van der Waals surface area contributed by atoms with E-state index in [4.69, 9.17) is 42.4 Å². The third-order valence-corrected chi connectivity index (χ3v) is 5.56. The molecule has 5 nitrogen and oxygen atoms in total. The van der Waals surface area contributed by atoms with Gasteiger partial charge in [-0.15, -0.1) is 0 Å². The van der Waals surface area contributed by atoms with E-state index in [0.717, 1.165) is 9.13 Å². The van der Waals surface area contributed by atoms with E-state index in [1.807, 2.05) is 0 Å². The second kappa shape index (κ2) is 7.29. The first-order chi connectivity index (χ1) is 22.9. The monoisotopic (exact) mass is 494 g/mol. The van der Waals surface area contributed by atoms with E-state index in [9.17, 15) is 1.37 Å². The molecule has 0 fully saturated rings. The van der Waals surface area contributed by atoms with Crippen LogP contribution in [0.1, 0.15) is 20.6 Å². The van der Waals surface area contributed by atoms with Crippen molar-refractivity contribution in [3.63, 3.8) is 0 Å². The molecule has 0 amide bonds. The second-order valence-electron chi connectivity index (χ2n) is 6.96. The minimum atomic E-state index is -0.780. The molecule has 162 valence electrons. The van der Waals surface area contributed by atoms with Crippen molar-refractivity contribution in [2.24, 2.45) is 0 Å². The molecule has 0 aliphatic carbocycles. The van der Waals surface area contributed by atoms with Crippen molar-refractivity contribution < 1.29 is 20.6 Å². The van der Waals surface area contributed by atoms with Crippen LogP contribution in [0.2, 0.25) is 10.6 Å². The Morgan fingerprint density at radius 3 is 1.59 bits per heavy atom. The van der Waals surface area contributed by atoms with Crippen LogP contribution in [0.4, 0.5) is 0 Å². The van der Waals surface area contributed by atoms with Crippen LogP contribution in [0.25, 0.3) is 55.2 Å². The number of aromatic nitrogens is 5. The average molecular weight is 495 g/mol. The first-order valence-electron chi connectivity index (χ1n) is 17.1. The van der Waals surface area contributed by atoms with Crippen LogP contribution < -0.4 is 0 Å². The van der Waals surface area contributed by atoms with Crippen LogP contribution in [-0.2, 0) is 0 Å². The molecule has 0 N–H and O–H groups in total. The maximum absolute atomic E-state index is 9.20. The summed E-state index contributed by atoms with van der Waals surface area (Å²) in [5.74, 6) is -0.461. The third-order valence-electron chi connectivity index (χ3n) is 5.22. The average Bonchev–Trinajstić information content (AvgIpc) is 3.60. The number of rotatable bonds is 2. The van der Waals surface area contributed by atoms with Gasteiger partial charge in [0.1, 0.15) is 0 Å². The smallest absolute Gasteiger partial charge is 0.240 e. The molecule has 7 rings (SSSR count). The maximum atomic E-state index is 9.20. The molecule has 34 heavy (non-hydrogen) atoms. The van der Waals surface area contributed by atoms with E-state index in [2.05, 4.69) is 15.0 Å². The van der Waals surface area contributed by atoms with Crippen molar-refractivity contribution in [3.05, 3.63) is 101 Å². The number of benzene rings is 4. The highest BCUT2D eigenvalue weighted by atomic mass is 35.5. The molecule has 0 saturated heterocycles. The summed E-state index contributed by atoms with van der Waals surface area (Å²) in [6, 6.07) is -10.6. The fraction of sp³-hybridized carbons (Fsp3) is 0. The van der Waals surface area contributed by atoms with Crippen LogP contribution in [-0.4, -0.2) is 24.1 Å². The minimum absolute atomic E-state index is 0.307. The lowest BCUT2D eigenvalue weighted by atomic mass is 10.1. The minimum Gasteiger partial charge on any atom is -0.307 e. The van der Waals surface area contributed by atoms with Gasteiger partial charge in [0.2, 0.25) is 16.5 Å². The fourth-order valence-electron chi connectivity index (χ4n) is 3.98. The summed E-state index contributed by atoms with van der Waals surface area (Å²) in [5.41, 5.74) is -2.02. The molecule has 0 aliphatic rings. The van der Waals surface area contributed by atoms with Gasteiger partial charge in [0.25, 0.3) is 0 Å². The van der Waals surface area contributed by atoms with Gasteiger partial charge in [0.15, 0.2) is 0 Å². The molecular formula is C27H15Cl2N5. The third kappa shape index (κ3) is 2.71. The maximum Gasteiger partial charge on any atom is 0.240 e. The summed E-state index contributed by atoms with van der Waals surface area (Å²) < 4.78 is 132. The highest BCUT2D eigenvalue weighted by Crippen LogP contribution is 2.38. The Balaban J connectivity index is 1.94. The normalized spacial score (nSPS) is 18.0. The van der Waals surface area contributed by atoms with E-state index < -0.39 is 124 Å². The first-order valence-corrected chi connectivity index (χ1v) is 10.3. The Bertz CT molecular complexity index is 2610. The van der Waals surface area contributed by atoms with Gasteiger partial charge in [-0.1, -0.05) is 66.5 Å². The molecule has 0 bridgehead atoms. The van der Waals surface area contributed by atoms with E-state index in [1.165, 1.54) is 0 Å². The Morgan fingerprint density at radius 2 is 1.00 bits per heavy atom. The number of hydrogen-bond acceptors (Lipinski definition) is 3. The predicted molar refractivity (Wildman–Crippen MR) is 139 cm³/mol. The van der Waals surface area contributed by atoms with E-state index in [0.29, 0.717) is 0 Å². The summed E-state index contributed by atoms with van der Waals surface area (Å²) in [5, 5.41) is -2.22. The number of nitrogens with zero attached hydrogens (tertiary/aromatic N) is 5. The number of fused-ring (bicyclic) bond motifs is 6. The Labute approximate surface area is 224 Å². The van der Waals surface area contributed by atoms with Crippen LogP contribution in [0.5, 0.6) is 0 Å². The molecule has 0 saturated carbocycles. The Kier molecular flexibility index (Phi) is 2.09. The van der Waals surface area contributed by atoms with Gasteiger partial charge in [-0.2, -0.15) is 15.0 Å². The van der Waals surface area contributed by atoms with Crippen molar-refractivity contribution in [1.29, 1.82) is 0 Å². The predicted octanol–water partition coefficient (Wildman–Crippen LogP) is 7.37. The van der Waals surface area contributed by atoms with Crippen LogP contribution in [0.3, 0.4) is 0 Å². The van der Waals surface area contributed by atoms with Crippen molar-refractivity contribution in [2.45, 2.75) is 0 Å². The molecule has 0 unspecified atom stereocenters. The SMILES string of the molecule is [2H]c1c([2H])c([2H])c2c(c1[2H])c1c([2H])c([2H])c([2H])c(-n3c4c([2H])c([2H])c([2H])c([2H])c4c4c([2H])c([2H])c([2H])c([2H])c43)c1n2-c1nc(Cl)nc(Cl)n1. The van der Waals surface area contributed by atoms with Crippen molar-refractivity contribution >= 4 is 66.8 Å². The Morgan fingerprint density at radius 1 is 0.529 bits per heavy atom. The van der Waals surface area contributed by atoms with E-state index in [-0.39, 0.29) is 32.6 Å². The number of hydrogen-bond donors (Lipinski definition) is 0. The van der Waals surface area contributed by atoms with Crippen LogP contribution in [0, 0.1) is 0 Å². The zero-order valence-corrected chi connectivity index (χ0v) is 18.0. The van der Waals surface area contributed by atoms with Gasteiger partial charge >= 0.3 is 0 Å². The summed E-state index contributed by atoms with van der Waals surface area (Å²) in [6.07, 6.45) is 0. The fourth-order valence-corrected chi connectivity index (χ4v) is 4.33. The van der Waals surface area contributed by atoms with Crippen molar-refractivity contribution in [1.82, 2.24) is 24.1 Å². The number of halogens is 2. The summed E-state index contributed by atoms with van der Waals surface area (Å²) in [7, 11) is 0. The molecule has 3 heterocycles. The summed E-state index contributed by atoms with van der Waals surface area (Å²) >= 11 is 12.3. The quantitative estimate of drug-likeness (QED) is 0.252. The summed E-state index contributed by atoms with van der Waals surface area (Å²) in [6.45, 7) is 0. The molecule has 0 atom stereocenters. The molecule has 3 aromatic heterocycles. The van der Waals surface area contributed by atoms with Crippen LogP contribution in [0.15, 0.2) is 90.6 Å². The highest BCUT2D eigenvalue weighted by Gasteiger charge is 2.21. The second-order valence-corrected chi connectivity index (χ2v) is 7.64. The Hall–Kier alpha value is -3.93. The lowest BCUT2D eigenvalue weighted by Crippen LogP contribution is -2.05. The van der Waals surface area contributed by atoms with E-state index in [1.54, 1.807) is 0 Å². The van der Waals surface area contributed by atoms with E-state index >= 15 is 0 Å². The lowest BCUT2D eigenvalue weighted by Gasteiger charge is -2.13. The molecule has 7 heteroatoms. The molecule has 0 aliphatic heterocycles. The van der Waals surface area contributed by atoms with Crippen LogP contribution >= 0.6 is 23.2 Å². The van der Waals surface area contributed by atoms with Crippen molar-refractivity contribution in [3.8, 4) is 11.6 Å². The largest absolute Gasteiger partial charge is 0.307 e. The standard InChI is InChI=1S/C27H15Cl2N5/c28-25-30-26(29)32-27(31-25)34-22-14-6-3-10-18(22)19-11-7-15-23(24(19)34)33-20-12-4-1-8-16(20)17-9-2-5-13-21(17)33/h1-15H/i1D,2D,3D,4D,5D,6D,7D,8D,9D,10D,11D,12D,13D,14D,15D. The van der Waals surface area contributed by atoms with Gasteiger partial charge in [-0.25, -0.2) is 0 Å². The number of para-hydroxylation sites is 4. The summed E-state index contributed by atoms with van der Waals surface area (Å²) in [4.78, 5) is 11.9. The first kappa shape index (κ1) is 9.74. The van der Waals surface area contributed by atoms with Gasteiger partial charge in [0, 0.05) is 21.5 Å². The van der Waals surface area contributed by atoms with Gasteiger partial charge in [0.05, 0.1) is 48.3 Å². The topological polar surface area (TPSA) is 48.5 Å². The molecular weight excluding hydrogens is 465 g/mol. The molecule has 7 aromatic rings. The molecule has 0 radical (unpaired) electrons. The highest BCUT2D eigenvalue weighted by molar-refractivity contribution is 6.31. The molecule has 0 spiro atoms. The van der Waals surface area contributed by atoms with Crippen molar-refractivity contribution in [2.75, 3.05) is 0 Å². The van der Waals surface area contributed by atoms with Gasteiger partial charge in [-0.3, -0.25) is 4.57 Å². The zero-order chi connectivity index (χ0) is 35.9. The van der Waals surface area contributed by atoms with Gasteiger partial charge < -0.3 is 4.57 Å². The van der Waals surface area contributed by atoms with Gasteiger partial charge in [-0.05, 0) is 47.4 Å². The zero-order valence-electron chi connectivity index (χ0n) is 31.5. The molecule has 4 aromatic carbocycles.